The number of rotatable bonds is 7. The van der Waals surface area contributed by atoms with Crippen LogP contribution in [0, 0.1) is 0 Å². The molecular weight excluding hydrogens is 310 g/mol. The fourth-order valence-corrected chi connectivity index (χ4v) is 2.30. The summed E-state index contributed by atoms with van der Waals surface area (Å²) in [5.74, 6) is -0.141. The van der Waals surface area contributed by atoms with Crippen LogP contribution in [0.1, 0.15) is 41.4 Å². The largest absolute Gasteiger partial charge is 0.482 e. The minimum absolute atomic E-state index is 0.171. The molecule has 128 valence electrons. The lowest BCUT2D eigenvalue weighted by Gasteiger charge is -2.17. The van der Waals surface area contributed by atoms with E-state index < -0.39 is 5.97 Å². The SMILES string of the molecule is CC(C)c1ccoc1C(=O)N(C)Cc1ccc(OCC(=O)O)cc1. The molecule has 0 bridgehead atoms. The third-order valence-corrected chi connectivity index (χ3v) is 3.56. The van der Waals surface area contributed by atoms with Crippen molar-refractivity contribution in [3.05, 3.63) is 53.5 Å². The summed E-state index contributed by atoms with van der Waals surface area (Å²) in [5, 5.41) is 8.58. The number of carboxylic acids is 1. The minimum Gasteiger partial charge on any atom is -0.482 e. The number of amides is 1. The molecule has 1 aromatic heterocycles. The molecule has 0 aliphatic rings. The van der Waals surface area contributed by atoms with E-state index in [4.69, 9.17) is 14.3 Å². The summed E-state index contributed by atoms with van der Waals surface area (Å²) in [5.41, 5.74) is 1.80. The van der Waals surface area contributed by atoms with Crippen molar-refractivity contribution in [2.24, 2.45) is 0 Å². The fraction of sp³-hybridized carbons (Fsp3) is 0.333. The zero-order valence-electron chi connectivity index (χ0n) is 14.0. The molecule has 6 heteroatoms. The summed E-state index contributed by atoms with van der Waals surface area (Å²) in [7, 11) is 1.71. The van der Waals surface area contributed by atoms with Gasteiger partial charge in [0, 0.05) is 19.2 Å². The highest BCUT2D eigenvalue weighted by Crippen LogP contribution is 2.22. The van der Waals surface area contributed by atoms with Crippen LogP contribution in [-0.4, -0.2) is 35.5 Å². The normalized spacial score (nSPS) is 10.7. The second-order valence-corrected chi connectivity index (χ2v) is 5.85. The first-order chi connectivity index (χ1) is 11.4. The Bertz CT molecular complexity index is 702. The van der Waals surface area contributed by atoms with Gasteiger partial charge in [0.2, 0.25) is 0 Å². The van der Waals surface area contributed by atoms with Gasteiger partial charge in [-0.25, -0.2) is 4.79 Å². The standard InChI is InChI=1S/C18H21NO5/c1-12(2)15-8-9-23-17(15)18(22)19(3)10-13-4-6-14(7-5-13)24-11-16(20)21/h4-9,12H,10-11H2,1-3H3,(H,20,21). The van der Waals surface area contributed by atoms with E-state index >= 15 is 0 Å². The second kappa shape index (κ2) is 7.68. The quantitative estimate of drug-likeness (QED) is 0.843. The molecule has 0 radical (unpaired) electrons. The number of carboxylic acid groups (broad SMARTS) is 1. The molecule has 24 heavy (non-hydrogen) atoms. The summed E-state index contributed by atoms with van der Waals surface area (Å²) in [4.78, 5) is 24.6. The van der Waals surface area contributed by atoms with Crippen LogP contribution >= 0.6 is 0 Å². The Hall–Kier alpha value is -2.76. The molecular formula is C18H21NO5. The van der Waals surface area contributed by atoms with Crippen LogP contribution in [0.2, 0.25) is 0 Å². The van der Waals surface area contributed by atoms with E-state index in [0.717, 1.165) is 11.1 Å². The first-order valence-electron chi connectivity index (χ1n) is 7.65. The van der Waals surface area contributed by atoms with Crippen molar-refractivity contribution in [2.75, 3.05) is 13.7 Å². The van der Waals surface area contributed by atoms with E-state index in [1.54, 1.807) is 36.2 Å². The summed E-state index contributed by atoms with van der Waals surface area (Å²) in [6.07, 6.45) is 1.53. The summed E-state index contributed by atoms with van der Waals surface area (Å²) in [6, 6.07) is 8.78. The van der Waals surface area contributed by atoms with Gasteiger partial charge in [-0.1, -0.05) is 26.0 Å². The summed E-state index contributed by atoms with van der Waals surface area (Å²) < 4.78 is 10.4. The van der Waals surface area contributed by atoms with Gasteiger partial charge >= 0.3 is 5.97 Å². The highest BCUT2D eigenvalue weighted by molar-refractivity contribution is 5.92. The molecule has 0 saturated heterocycles. The van der Waals surface area contributed by atoms with Gasteiger partial charge in [0.05, 0.1) is 6.26 Å². The van der Waals surface area contributed by atoms with Crippen molar-refractivity contribution < 1.29 is 23.8 Å². The molecule has 6 nitrogen and oxygen atoms in total. The molecule has 2 rings (SSSR count). The van der Waals surface area contributed by atoms with Crippen LogP contribution in [0.5, 0.6) is 5.75 Å². The van der Waals surface area contributed by atoms with Crippen molar-refractivity contribution in [1.29, 1.82) is 0 Å². The van der Waals surface area contributed by atoms with Gasteiger partial charge in [0.15, 0.2) is 12.4 Å². The number of hydrogen-bond acceptors (Lipinski definition) is 4. The summed E-state index contributed by atoms with van der Waals surface area (Å²) in [6.45, 7) is 4.06. The van der Waals surface area contributed by atoms with E-state index in [1.807, 2.05) is 19.9 Å². The van der Waals surface area contributed by atoms with Gasteiger partial charge < -0.3 is 19.2 Å². The molecule has 2 aromatic rings. The minimum atomic E-state index is -1.02. The maximum atomic E-state index is 12.5. The number of benzene rings is 1. The van der Waals surface area contributed by atoms with Gasteiger partial charge in [-0.15, -0.1) is 0 Å². The van der Waals surface area contributed by atoms with E-state index in [2.05, 4.69) is 0 Å². The second-order valence-electron chi connectivity index (χ2n) is 5.85. The Morgan fingerprint density at radius 3 is 2.46 bits per heavy atom. The van der Waals surface area contributed by atoms with Crippen LogP contribution in [-0.2, 0) is 11.3 Å². The molecule has 1 N–H and O–H groups in total. The maximum absolute atomic E-state index is 12.5. The van der Waals surface area contributed by atoms with Gasteiger partial charge in [-0.05, 0) is 29.7 Å². The number of carbonyl (C=O) groups excluding carboxylic acids is 1. The molecule has 0 spiro atoms. The van der Waals surface area contributed by atoms with Crippen LogP contribution < -0.4 is 4.74 Å². The highest BCUT2D eigenvalue weighted by atomic mass is 16.5. The van der Waals surface area contributed by atoms with Crippen molar-refractivity contribution in [1.82, 2.24) is 4.90 Å². The zero-order chi connectivity index (χ0) is 17.7. The number of aliphatic carboxylic acids is 1. The predicted molar refractivity (Wildman–Crippen MR) is 88.2 cm³/mol. The predicted octanol–water partition coefficient (Wildman–Crippen LogP) is 3.14. The third-order valence-electron chi connectivity index (χ3n) is 3.56. The Balaban J connectivity index is 2.01. The fourth-order valence-electron chi connectivity index (χ4n) is 2.30. The van der Waals surface area contributed by atoms with Crippen molar-refractivity contribution in [3.63, 3.8) is 0 Å². The topological polar surface area (TPSA) is 80.0 Å². The summed E-state index contributed by atoms with van der Waals surface area (Å²) >= 11 is 0. The molecule has 0 atom stereocenters. The van der Waals surface area contributed by atoms with E-state index in [1.165, 1.54) is 6.26 Å². The number of ether oxygens (including phenoxy) is 1. The van der Waals surface area contributed by atoms with Gasteiger partial charge in [-0.2, -0.15) is 0 Å². The van der Waals surface area contributed by atoms with E-state index in [-0.39, 0.29) is 18.4 Å². The molecule has 0 aliphatic heterocycles. The van der Waals surface area contributed by atoms with Crippen molar-refractivity contribution in [3.8, 4) is 5.75 Å². The molecule has 1 heterocycles. The Kier molecular flexibility index (Phi) is 5.63. The molecule has 0 unspecified atom stereocenters. The van der Waals surface area contributed by atoms with E-state index in [9.17, 15) is 9.59 Å². The van der Waals surface area contributed by atoms with Crippen LogP contribution in [0.3, 0.4) is 0 Å². The first-order valence-corrected chi connectivity index (χ1v) is 7.65. The van der Waals surface area contributed by atoms with Gasteiger partial charge in [-0.3, -0.25) is 4.79 Å². The van der Waals surface area contributed by atoms with Gasteiger partial charge in [0.25, 0.3) is 5.91 Å². The zero-order valence-corrected chi connectivity index (χ0v) is 14.0. The lowest BCUT2D eigenvalue weighted by Crippen LogP contribution is -2.26. The smallest absolute Gasteiger partial charge is 0.341 e. The third kappa shape index (κ3) is 4.38. The molecule has 1 aromatic carbocycles. The number of carbonyl (C=O) groups is 2. The van der Waals surface area contributed by atoms with Gasteiger partial charge in [0.1, 0.15) is 5.75 Å². The first kappa shape index (κ1) is 17.6. The molecule has 1 amide bonds. The Labute approximate surface area is 140 Å². The highest BCUT2D eigenvalue weighted by Gasteiger charge is 2.21. The molecule has 0 saturated carbocycles. The molecule has 0 aliphatic carbocycles. The lowest BCUT2D eigenvalue weighted by molar-refractivity contribution is -0.139. The van der Waals surface area contributed by atoms with Crippen LogP contribution in [0.4, 0.5) is 0 Å². The van der Waals surface area contributed by atoms with Crippen molar-refractivity contribution in [2.45, 2.75) is 26.3 Å². The van der Waals surface area contributed by atoms with Crippen LogP contribution in [0.15, 0.2) is 41.0 Å². The van der Waals surface area contributed by atoms with Crippen molar-refractivity contribution >= 4 is 11.9 Å². The Morgan fingerprint density at radius 1 is 1.21 bits per heavy atom. The number of furan rings is 1. The number of nitrogens with zero attached hydrogens (tertiary/aromatic N) is 1. The average molecular weight is 331 g/mol. The van der Waals surface area contributed by atoms with Crippen LogP contribution in [0.25, 0.3) is 0 Å². The maximum Gasteiger partial charge on any atom is 0.341 e. The average Bonchev–Trinajstić information content (AvgIpc) is 3.03. The number of hydrogen-bond donors (Lipinski definition) is 1. The Morgan fingerprint density at radius 2 is 1.88 bits per heavy atom. The lowest BCUT2D eigenvalue weighted by atomic mass is 10.0. The van der Waals surface area contributed by atoms with E-state index in [0.29, 0.717) is 18.1 Å². The molecule has 0 fully saturated rings. The monoisotopic (exact) mass is 331 g/mol.